The molecule has 7 nitrogen and oxygen atoms in total. The van der Waals surface area contributed by atoms with Crippen molar-refractivity contribution in [2.75, 3.05) is 18.5 Å². The monoisotopic (exact) mass is 421 g/mol. The zero-order valence-corrected chi connectivity index (χ0v) is 17.8. The number of anilines is 1. The fraction of sp³-hybridized carbons (Fsp3) is 0.333. The summed E-state index contributed by atoms with van der Waals surface area (Å²) in [7, 11) is 0. The highest BCUT2D eigenvalue weighted by Crippen LogP contribution is 2.23. The molecule has 0 saturated carbocycles. The Bertz CT molecular complexity index is 970. The zero-order valence-electron chi connectivity index (χ0n) is 17.8. The van der Waals surface area contributed by atoms with Crippen LogP contribution in [0, 0.1) is 0 Å². The molecule has 7 heteroatoms. The SMILES string of the molecule is CC(C)c1ccccc1NC(=O)COC(=O)CCC(=O)N1CCC(c2ccccc2)=N1. The van der Waals surface area contributed by atoms with Gasteiger partial charge in [-0.2, -0.15) is 5.10 Å². The van der Waals surface area contributed by atoms with Crippen LogP contribution in [-0.4, -0.2) is 41.7 Å². The largest absolute Gasteiger partial charge is 0.456 e. The number of para-hydroxylation sites is 1. The van der Waals surface area contributed by atoms with Crippen LogP contribution in [0.2, 0.25) is 0 Å². The Kier molecular flexibility index (Phi) is 7.54. The van der Waals surface area contributed by atoms with Crippen LogP contribution < -0.4 is 5.32 Å². The molecule has 31 heavy (non-hydrogen) atoms. The number of esters is 1. The Morgan fingerprint density at radius 3 is 2.48 bits per heavy atom. The Balaban J connectivity index is 1.42. The number of carbonyl (C=O) groups excluding carboxylic acids is 3. The van der Waals surface area contributed by atoms with E-state index in [2.05, 4.69) is 10.4 Å². The third-order valence-corrected chi connectivity index (χ3v) is 4.96. The highest BCUT2D eigenvalue weighted by atomic mass is 16.5. The average Bonchev–Trinajstić information content (AvgIpc) is 3.27. The van der Waals surface area contributed by atoms with Crippen molar-refractivity contribution in [1.29, 1.82) is 0 Å². The van der Waals surface area contributed by atoms with E-state index in [4.69, 9.17) is 4.74 Å². The van der Waals surface area contributed by atoms with E-state index in [-0.39, 0.29) is 31.3 Å². The van der Waals surface area contributed by atoms with Crippen molar-refractivity contribution < 1.29 is 19.1 Å². The highest BCUT2D eigenvalue weighted by molar-refractivity contribution is 6.02. The second kappa shape index (κ2) is 10.5. The van der Waals surface area contributed by atoms with E-state index in [9.17, 15) is 14.4 Å². The molecule has 1 aliphatic rings. The van der Waals surface area contributed by atoms with Gasteiger partial charge in [0.05, 0.1) is 18.7 Å². The number of nitrogens with zero attached hydrogens (tertiary/aromatic N) is 2. The fourth-order valence-corrected chi connectivity index (χ4v) is 3.33. The first-order valence-corrected chi connectivity index (χ1v) is 10.4. The van der Waals surface area contributed by atoms with E-state index in [0.717, 1.165) is 16.8 Å². The van der Waals surface area contributed by atoms with E-state index in [1.807, 2.05) is 68.4 Å². The van der Waals surface area contributed by atoms with Gasteiger partial charge in [-0.3, -0.25) is 14.4 Å². The van der Waals surface area contributed by atoms with Crippen LogP contribution in [-0.2, 0) is 19.1 Å². The molecule has 0 aliphatic carbocycles. The topological polar surface area (TPSA) is 88.1 Å². The predicted molar refractivity (Wildman–Crippen MR) is 119 cm³/mol. The Hall–Kier alpha value is -3.48. The molecule has 0 unspecified atom stereocenters. The number of hydrogen-bond acceptors (Lipinski definition) is 5. The minimum atomic E-state index is -0.591. The molecule has 2 amide bonds. The van der Waals surface area contributed by atoms with Crippen molar-refractivity contribution in [3.8, 4) is 0 Å². The molecular weight excluding hydrogens is 394 g/mol. The van der Waals surface area contributed by atoms with Crippen LogP contribution in [0.1, 0.15) is 50.2 Å². The van der Waals surface area contributed by atoms with Gasteiger partial charge in [0.15, 0.2) is 6.61 Å². The third-order valence-electron chi connectivity index (χ3n) is 4.96. The van der Waals surface area contributed by atoms with Crippen LogP contribution >= 0.6 is 0 Å². The van der Waals surface area contributed by atoms with E-state index in [0.29, 0.717) is 18.7 Å². The molecule has 0 atom stereocenters. The lowest BCUT2D eigenvalue weighted by atomic mass is 10.0. The molecule has 0 radical (unpaired) electrons. The molecule has 3 rings (SSSR count). The molecule has 1 aliphatic heterocycles. The summed E-state index contributed by atoms with van der Waals surface area (Å²) in [5, 5.41) is 8.53. The lowest BCUT2D eigenvalue weighted by Gasteiger charge is -2.14. The van der Waals surface area contributed by atoms with Gasteiger partial charge in [0, 0.05) is 18.5 Å². The zero-order chi connectivity index (χ0) is 22.2. The first kappa shape index (κ1) is 22.2. The summed E-state index contributed by atoms with van der Waals surface area (Å²) in [5.74, 6) is -0.990. The van der Waals surface area contributed by atoms with Gasteiger partial charge >= 0.3 is 5.97 Å². The van der Waals surface area contributed by atoms with Gasteiger partial charge in [-0.05, 0) is 23.1 Å². The number of hydrogen-bond donors (Lipinski definition) is 1. The molecule has 2 aromatic carbocycles. The van der Waals surface area contributed by atoms with Gasteiger partial charge in [0.1, 0.15) is 0 Å². The number of benzene rings is 2. The molecule has 1 N–H and O–H groups in total. The summed E-state index contributed by atoms with van der Waals surface area (Å²) in [4.78, 5) is 36.4. The molecule has 0 saturated heterocycles. The van der Waals surface area contributed by atoms with Crippen LogP contribution in [0.15, 0.2) is 59.7 Å². The van der Waals surface area contributed by atoms with Gasteiger partial charge in [0.25, 0.3) is 5.91 Å². The minimum Gasteiger partial charge on any atom is -0.456 e. The quantitative estimate of drug-likeness (QED) is 0.658. The normalized spacial score (nSPS) is 13.1. The van der Waals surface area contributed by atoms with Gasteiger partial charge in [0.2, 0.25) is 5.91 Å². The van der Waals surface area contributed by atoms with Crippen LogP contribution in [0.25, 0.3) is 0 Å². The maximum absolute atomic E-state index is 12.3. The second-order valence-corrected chi connectivity index (χ2v) is 7.63. The van der Waals surface area contributed by atoms with Crippen molar-refractivity contribution in [2.24, 2.45) is 5.10 Å². The molecule has 1 heterocycles. The molecule has 0 aromatic heterocycles. The molecule has 162 valence electrons. The summed E-state index contributed by atoms with van der Waals surface area (Å²) in [6.45, 7) is 4.18. The first-order chi connectivity index (χ1) is 14.9. The number of hydrazone groups is 1. The van der Waals surface area contributed by atoms with Crippen LogP contribution in [0.4, 0.5) is 5.69 Å². The van der Waals surface area contributed by atoms with Crippen molar-refractivity contribution in [3.63, 3.8) is 0 Å². The van der Waals surface area contributed by atoms with Gasteiger partial charge in [-0.25, -0.2) is 5.01 Å². The number of carbonyl (C=O) groups is 3. The van der Waals surface area contributed by atoms with E-state index in [1.54, 1.807) is 0 Å². The second-order valence-electron chi connectivity index (χ2n) is 7.63. The molecular formula is C24H27N3O4. The Labute approximate surface area is 182 Å². The van der Waals surface area contributed by atoms with E-state index < -0.39 is 11.9 Å². The number of rotatable bonds is 8. The highest BCUT2D eigenvalue weighted by Gasteiger charge is 2.22. The smallest absolute Gasteiger partial charge is 0.306 e. The Morgan fingerprint density at radius 1 is 1.03 bits per heavy atom. The lowest BCUT2D eigenvalue weighted by molar-refractivity contribution is -0.148. The maximum Gasteiger partial charge on any atom is 0.306 e. The van der Waals surface area contributed by atoms with Crippen molar-refractivity contribution in [1.82, 2.24) is 5.01 Å². The van der Waals surface area contributed by atoms with Crippen LogP contribution in [0.5, 0.6) is 0 Å². The number of nitrogens with one attached hydrogen (secondary N) is 1. The van der Waals surface area contributed by atoms with E-state index >= 15 is 0 Å². The summed E-state index contributed by atoms with van der Waals surface area (Å²) in [6.07, 6.45) is 0.571. The summed E-state index contributed by atoms with van der Waals surface area (Å²) in [5.41, 5.74) is 3.56. The van der Waals surface area contributed by atoms with Gasteiger partial charge < -0.3 is 10.1 Å². The van der Waals surface area contributed by atoms with Crippen LogP contribution in [0.3, 0.4) is 0 Å². The summed E-state index contributed by atoms with van der Waals surface area (Å²) < 4.78 is 5.02. The maximum atomic E-state index is 12.3. The molecule has 2 aromatic rings. The first-order valence-electron chi connectivity index (χ1n) is 10.4. The van der Waals surface area contributed by atoms with Crippen molar-refractivity contribution in [2.45, 2.75) is 39.0 Å². The Morgan fingerprint density at radius 2 is 1.74 bits per heavy atom. The van der Waals surface area contributed by atoms with Gasteiger partial charge in [-0.15, -0.1) is 0 Å². The van der Waals surface area contributed by atoms with E-state index in [1.165, 1.54) is 5.01 Å². The summed E-state index contributed by atoms with van der Waals surface area (Å²) in [6, 6.07) is 17.2. The number of amides is 2. The molecule has 0 spiro atoms. The summed E-state index contributed by atoms with van der Waals surface area (Å²) >= 11 is 0. The standard InChI is InChI=1S/C24H27N3O4/c1-17(2)19-10-6-7-11-21(19)25-22(28)16-31-24(30)13-12-23(29)27-15-14-20(26-27)18-8-4-3-5-9-18/h3-11,17H,12-16H2,1-2H3,(H,25,28). The lowest BCUT2D eigenvalue weighted by Crippen LogP contribution is -2.25. The third kappa shape index (κ3) is 6.25. The average molecular weight is 421 g/mol. The van der Waals surface area contributed by atoms with Crippen molar-refractivity contribution >= 4 is 29.2 Å². The molecule has 0 fully saturated rings. The number of ether oxygens (including phenoxy) is 1. The minimum absolute atomic E-state index is 0.0117. The fourth-order valence-electron chi connectivity index (χ4n) is 3.33. The van der Waals surface area contributed by atoms with Crippen molar-refractivity contribution in [3.05, 3.63) is 65.7 Å². The predicted octanol–water partition coefficient (Wildman–Crippen LogP) is 3.71. The molecule has 0 bridgehead atoms. The van der Waals surface area contributed by atoms with Gasteiger partial charge in [-0.1, -0.05) is 62.4 Å².